The van der Waals surface area contributed by atoms with Crippen molar-refractivity contribution in [2.45, 2.75) is 19.4 Å². The van der Waals surface area contributed by atoms with Gasteiger partial charge in [0.2, 0.25) is 0 Å². The third-order valence-corrected chi connectivity index (χ3v) is 3.91. The van der Waals surface area contributed by atoms with Crippen LogP contribution in [0, 0.1) is 10.6 Å². The number of H-pyrrole nitrogens is 1. The van der Waals surface area contributed by atoms with Crippen LogP contribution < -0.4 is 0 Å². The first-order valence-corrected chi connectivity index (χ1v) is 6.99. The molecule has 0 fully saturated rings. The maximum atomic E-state index is 13.7. The molecular weight excluding hydrogens is 271 g/mol. The lowest BCUT2D eigenvalue weighted by Crippen LogP contribution is -2.06. The van der Waals surface area contributed by atoms with Gasteiger partial charge >= 0.3 is 0 Å². The number of nitrogens with zero attached hydrogens (tertiary/aromatic N) is 1. The minimum atomic E-state index is -0.264. The first kappa shape index (κ1) is 13.1. The molecule has 0 saturated carbocycles. The van der Waals surface area contributed by atoms with Gasteiger partial charge in [0.15, 0.2) is 4.77 Å². The van der Waals surface area contributed by atoms with E-state index >= 15 is 0 Å². The third kappa shape index (κ3) is 2.27. The summed E-state index contributed by atoms with van der Waals surface area (Å²) in [5.41, 5.74) is 2.55. The number of aromatic amines is 1. The van der Waals surface area contributed by atoms with Gasteiger partial charge in [-0.1, -0.05) is 43.3 Å². The molecule has 0 aliphatic carbocycles. The van der Waals surface area contributed by atoms with Crippen LogP contribution in [0.2, 0.25) is 0 Å². The number of para-hydroxylation sites is 1. The molecule has 0 amide bonds. The number of imidazole rings is 1. The van der Waals surface area contributed by atoms with Crippen LogP contribution in [-0.4, -0.2) is 9.55 Å². The molecule has 3 aromatic rings. The Kier molecular flexibility index (Phi) is 3.40. The normalized spacial score (nSPS) is 12.7. The van der Waals surface area contributed by atoms with Gasteiger partial charge in [-0.25, -0.2) is 4.39 Å². The van der Waals surface area contributed by atoms with Crippen molar-refractivity contribution >= 4 is 23.3 Å². The lowest BCUT2D eigenvalue weighted by molar-refractivity contribution is 0.604. The highest BCUT2D eigenvalue weighted by Crippen LogP contribution is 2.22. The van der Waals surface area contributed by atoms with Crippen LogP contribution in [0.25, 0.3) is 11.0 Å². The van der Waals surface area contributed by atoms with Crippen molar-refractivity contribution in [2.75, 3.05) is 0 Å². The molecule has 0 spiro atoms. The fraction of sp³-hybridized carbons (Fsp3) is 0.188. The predicted octanol–water partition coefficient (Wildman–Crippen LogP) is 4.64. The number of nitrogens with one attached hydrogen (secondary N) is 1. The molecule has 0 aliphatic rings. The molecule has 2 aromatic carbocycles. The van der Waals surface area contributed by atoms with Crippen LogP contribution >= 0.6 is 12.2 Å². The molecule has 4 heteroatoms. The number of benzene rings is 2. The zero-order valence-corrected chi connectivity index (χ0v) is 12.0. The van der Waals surface area contributed by atoms with Gasteiger partial charge in [-0.3, -0.25) is 0 Å². The van der Waals surface area contributed by atoms with E-state index in [1.165, 1.54) is 11.6 Å². The van der Waals surface area contributed by atoms with E-state index in [1.807, 2.05) is 28.8 Å². The number of fused-ring (bicyclic) bond motifs is 1. The SMILES string of the molecule is CC(Cn1c(=S)[nH]c2c(F)cccc21)c1ccccc1. The average Bonchev–Trinajstić information content (AvgIpc) is 2.78. The summed E-state index contributed by atoms with van der Waals surface area (Å²) in [6, 6.07) is 15.3. The van der Waals surface area contributed by atoms with Crippen molar-refractivity contribution in [3.8, 4) is 0 Å². The summed E-state index contributed by atoms with van der Waals surface area (Å²) < 4.78 is 16.3. The number of halogens is 1. The van der Waals surface area contributed by atoms with E-state index in [2.05, 4.69) is 24.0 Å². The Bertz CT molecular complexity index is 789. The molecule has 1 unspecified atom stereocenters. The highest BCUT2D eigenvalue weighted by molar-refractivity contribution is 7.71. The number of rotatable bonds is 3. The van der Waals surface area contributed by atoms with Crippen molar-refractivity contribution < 1.29 is 4.39 Å². The quantitative estimate of drug-likeness (QED) is 0.695. The molecular formula is C16H15FN2S. The van der Waals surface area contributed by atoms with Crippen LogP contribution in [0.4, 0.5) is 4.39 Å². The molecule has 102 valence electrons. The first-order chi connectivity index (χ1) is 9.66. The van der Waals surface area contributed by atoms with Gasteiger partial charge in [0.25, 0.3) is 0 Å². The van der Waals surface area contributed by atoms with Crippen molar-refractivity contribution in [1.29, 1.82) is 0 Å². The second-order valence-corrected chi connectivity index (χ2v) is 5.37. The highest BCUT2D eigenvalue weighted by Gasteiger charge is 2.12. The Morgan fingerprint density at radius 2 is 1.90 bits per heavy atom. The van der Waals surface area contributed by atoms with E-state index in [9.17, 15) is 4.39 Å². The van der Waals surface area contributed by atoms with E-state index in [-0.39, 0.29) is 5.82 Å². The van der Waals surface area contributed by atoms with E-state index in [1.54, 1.807) is 6.07 Å². The zero-order valence-electron chi connectivity index (χ0n) is 11.1. The smallest absolute Gasteiger partial charge is 0.178 e. The Morgan fingerprint density at radius 3 is 2.65 bits per heavy atom. The summed E-state index contributed by atoms with van der Waals surface area (Å²) in [4.78, 5) is 2.95. The Hall–Kier alpha value is -1.94. The molecule has 3 rings (SSSR count). The summed E-state index contributed by atoms with van der Waals surface area (Å²) in [6.45, 7) is 2.88. The van der Waals surface area contributed by atoms with Gasteiger partial charge in [0, 0.05) is 6.54 Å². The van der Waals surface area contributed by atoms with Crippen molar-refractivity contribution in [3.05, 3.63) is 64.7 Å². The molecule has 0 saturated heterocycles. The molecule has 0 aliphatic heterocycles. The van der Waals surface area contributed by atoms with Gasteiger partial charge < -0.3 is 9.55 Å². The summed E-state index contributed by atoms with van der Waals surface area (Å²) in [6.07, 6.45) is 0. The fourth-order valence-corrected chi connectivity index (χ4v) is 2.76. The Morgan fingerprint density at radius 1 is 1.15 bits per heavy atom. The number of hydrogen-bond acceptors (Lipinski definition) is 1. The maximum Gasteiger partial charge on any atom is 0.178 e. The van der Waals surface area contributed by atoms with E-state index < -0.39 is 0 Å². The maximum absolute atomic E-state index is 13.7. The third-order valence-electron chi connectivity index (χ3n) is 3.58. The number of aromatic nitrogens is 2. The summed E-state index contributed by atoms with van der Waals surface area (Å²) in [7, 11) is 0. The zero-order chi connectivity index (χ0) is 14.1. The van der Waals surface area contributed by atoms with E-state index in [4.69, 9.17) is 12.2 Å². The second kappa shape index (κ2) is 5.21. The van der Waals surface area contributed by atoms with Crippen molar-refractivity contribution in [1.82, 2.24) is 9.55 Å². The van der Waals surface area contributed by atoms with Gasteiger partial charge in [-0.2, -0.15) is 0 Å². The van der Waals surface area contributed by atoms with Crippen LogP contribution in [0.5, 0.6) is 0 Å². The van der Waals surface area contributed by atoms with Crippen LogP contribution in [0.1, 0.15) is 18.4 Å². The lowest BCUT2D eigenvalue weighted by Gasteiger charge is -2.13. The monoisotopic (exact) mass is 286 g/mol. The van der Waals surface area contributed by atoms with Gasteiger partial charge in [-0.15, -0.1) is 0 Å². The number of hydrogen-bond donors (Lipinski definition) is 1. The molecule has 20 heavy (non-hydrogen) atoms. The molecule has 0 radical (unpaired) electrons. The highest BCUT2D eigenvalue weighted by atomic mass is 32.1. The van der Waals surface area contributed by atoms with Crippen LogP contribution in [0.3, 0.4) is 0 Å². The predicted molar refractivity (Wildman–Crippen MR) is 81.9 cm³/mol. The lowest BCUT2D eigenvalue weighted by atomic mass is 10.0. The standard InChI is InChI=1S/C16H15FN2S/c1-11(12-6-3-2-4-7-12)10-19-14-9-5-8-13(17)15(14)18-16(19)20/h2-9,11H,10H2,1H3,(H,18,20). The molecule has 1 atom stereocenters. The Labute approximate surface area is 121 Å². The minimum absolute atomic E-state index is 0.264. The fourth-order valence-electron chi connectivity index (χ4n) is 2.49. The van der Waals surface area contributed by atoms with Crippen molar-refractivity contribution in [2.24, 2.45) is 0 Å². The summed E-state index contributed by atoms with van der Waals surface area (Å²) in [5, 5.41) is 0. The van der Waals surface area contributed by atoms with E-state index in [0.717, 1.165) is 12.1 Å². The second-order valence-electron chi connectivity index (χ2n) is 4.99. The summed E-state index contributed by atoms with van der Waals surface area (Å²) >= 11 is 5.32. The molecule has 0 bridgehead atoms. The average molecular weight is 286 g/mol. The summed E-state index contributed by atoms with van der Waals surface area (Å²) in [5.74, 6) is 0.0462. The molecule has 1 N–H and O–H groups in total. The largest absolute Gasteiger partial charge is 0.328 e. The van der Waals surface area contributed by atoms with Gasteiger partial charge in [-0.05, 0) is 35.8 Å². The van der Waals surface area contributed by atoms with Crippen molar-refractivity contribution in [3.63, 3.8) is 0 Å². The molecule has 2 nitrogen and oxygen atoms in total. The van der Waals surface area contributed by atoms with Gasteiger partial charge in [0.1, 0.15) is 11.3 Å². The van der Waals surface area contributed by atoms with Crippen LogP contribution in [-0.2, 0) is 6.54 Å². The molecule has 1 aromatic heterocycles. The van der Waals surface area contributed by atoms with Gasteiger partial charge in [0.05, 0.1) is 5.52 Å². The first-order valence-electron chi connectivity index (χ1n) is 6.59. The molecule has 1 heterocycles. The Balaban J connectivity index is 2.01. The topological polar surface area (TPSA) is 20.7 Å². The van der Waals surface area contributed by atoms with E-state index in [0.29, 0.717) is 16.2 Å². The van der Waals surface area contributed by atoms with Crippen LogP contribution in [0.15, 0.2) is 48.5 Å². The minimum Gasteiger partial charge on any atom is -0.328 e.